The summed E-state index contributed by atoms with van der Waals surface area (Å²) in [6.45, 7) is 4.00. The maximum atomic E-state index is 5.40. The Morgan fingerprint density at radius 1 is 1.61 bits per heavy atom. The number of methoxy groups -OCH3 is 1. The molecule has 0 saturated heterocycles. The molecule has 1 aromatic rings. The zero-order chi connectivity index (χ0) is 13.4. The van der Waals surface area contributed by atoms with Gasteiger partial charge in [-0.25, -0.2) is 10.8 Å². The number of nitrogens with one attached hydrogen (secondary N) is 2. The van der Waals surface area contributed by atoms with Gasteiger partial charge < -0.3 is 10.1 Å². The van der Waals surface area contributed by atoms with Crippen molar-refractivity contribution in [2.75, 3.05) is 20.3 Å². The van der Waals surface area contributed by atoms with E-state index >= 15 is 0 Å². The van der Waals surface area contributed by atoms with E-state index in [4.69, 9.17) is 10.6 Å². The van der Waals surface area contributed by atoms with Crippen LogP contribution in [0.3, 0.4) is 0 Å². The molecule has 0 aliphatic heterocycles. The highest BCUT2D eigenvalue weighted by Gasteiger charge is 2.02. The van der Waals surface area contributed by atoms with Crippen LogP contribution in [0, 0.1) is 6.92 Å². The van der Waals surface area contributed by atoms with E-state index in [2.05, 4.69) is 20.8 Å². The number of aliphatic imine (C=N–C) groups is 1. The predicted octanol–water partition coefficient (Wildman–Crippen LogP) is -0.326. The molecule has 0 aliphatic carbocycles. The first-order chi connectivity index (χ1) is 8.67. The average Bonchev–Trinajstić information content (AvgIpc) is 2.67. The molecule has 0 atom stereocenters. The Kier molecular flexibility index (Phi) is 6.16. The summed E-state index contributed by atoms with van der Waals surface area (Å²) in [7, 11) is 3.58. The highest BCUT2D eigenvalue weighted by molar-refractivity contribution is 5.79. The Morgan fingerprint density at radius 3 is 2.94 bits per heavy atom. The molecule has 1 heterocycles. The number of guanidine groups is 1. The van der Waals surface area contributed by atoms with Crippen LogP contribution in [-0.4, -0.2) is 36.0 Å². The van der Waals surface area contributed by atoms with Crippen molar-refractivity contribution in [3.05, 3.63) is 17.5 Å². The van der Waals surface area contributed by atoms with Crippen LogP contribution in [0.1, 0.15) is 17.7 Å². The quantitative estimate of drug-likeness (QED) is 0.213. The molecule has 7 heteroatoms. The molecule has 0 bridgehead atoms. The normalized spacial score (nSPS) is 11.7. The molecule has 0 radical (unpaired) electrons. The number of aryl methyl sites for hydroxylation is 2. The first kappa shape index (κ1) is 14.5. The van der Waals surface area contributed by atoms with E-state index in [9.17, 15) is 0 Å². The second kappa shape index (κ2) is 7.67. The highest BCUT2D eigenvalue weighted by Crippen LogP contribution is 2.05. The summed E-state index contributed by atoms with van der Waals surface area (Å²) in [6, 6.07) is 0. The van der Waals surface area contributed by atoms with Crippen molar-refractivity contribution < 1.29 is 4.74 Å². The summed E-state index contributed by atoms with van der Waals surface area (Å²) in [5, 5.41) is 7.37. The molecule has 4 N–H and O–H groups in total. The third-order valence-corrected chi connectivity index (χ3v) is 2.48. The topological polar surface area (TPSA) is 89.5 Å². The van der Waals surface area contributed by atoms with E-state index in [0.29, 0.717) is 19.1 Å². The zero-order valence-electron chi connectivity index (χ0n) is 11.2. The number of hydrogen-bond acceptors (Lipinski definition) is 4. The highest BCUT2D eigenvalue weighted by atomic mass is 16.5. The van der Waals surface area contributed by atoms with E-state index in [1.807, 2.05) is 20.2 Å². The standard InChI is InChI=1S/C11H22N6O/c1-9-10(8-17(2)16-9)7-14-11(15-12)13-5-4-6-18-3/h8H,4-7,12H2,1-3H3,(H2,13,14,15). The van der Waals surface area contributed by atoms with Gasteiger partial charge in [-0.15, -0.1) is 0 Å². The van der Waals surface area contributed by atoms with E-state index in [0.717, 1.165) is 24.2 Å². The third kappa shape index (κ3) is 4.72. The third-order valence-electron chi connectivity index (χ3n) is 2.48. The van der Waals surface area contributed by atoms with Crippen LogP contribution in [0.25, 0.3) is 0 Å². The van der Waals surface area contributed by atoms with Gasteiger partial charge in [0.2, 0.25) is 5.96 Å². The number of ether oxygens (including phenoxy) is 1. The fourth-order valence-corrected chi connectivity index (χ4v) is 1.54. The molecular weight excluding hydrogens is 232 g/mol. The Labute approximate surface area is 107 Å². The second-order valence-corrected chi connectivity index (χ2v) is 4.00. The first-order valence-corrected chi connectivity index (χ1v) is 5.90. The molecule has 0 saturated carbocycles. The van der Waals surface area contributed by atoms with Gasteiger partial charge >= 0.3 is 0 Å². The monoisotopic (exact) mass is 254 g/mol. The summed E-state index contributed by atoms with van der Waals surface area (Å²) >= 11 is 0. The van der Waals surface area contributed by atoms with Crippen LogP contribution in [-0.2, 0) is 18.3 Å². The molecular formula is C11H22N6O. The van der Waals surface area contributed by atoms with Crippen molar-refractivity contribution in [2.45, 2.75) is 19.9 Å². The largest absolute Gasteiger partial charge is 0.385 e. The molecule has 0 aromatic carbocycles. The van der Waals surface area contributed by atoms with Crippen molar-refractivity contribution in [2.24, 2.45) is 17.9 Å². The number of hydrazine groups is 1. The lowest BCUT2D eigenvalue weighted by atomic mass is 10.3. The summed E-state index contributed by atoms with van der Waals surface area (Å²) in [6.07, 6.45) is 2.86. The van der Waals surface area contributed by atoms with Crippen LogP contribution in [0.5, 0.6) is 0 Å². The SMILES string of the molecule is COCCCNC(=NCc1cn(C)nc1C)NN. The van der Waals surface area contributed by atoms with Crippen LogP contribution >= 0.6 is 0 Å². The second-order valence-electron chi connectivity index (χ2n) is 4.00. The van der Waals surface area contributed by atoms with Gasteiger partial charge in [-0.05, 0) is 13.3 Å². The van der Waals surface area contributed by atoms with E-state index in [1.165, 1.54) is 0 Å². The van der Waals surface area contributed by atoms with Crippen molar-refractivity contribution in [3.8, 4) is 0 Å². The number of hydrogen-bond donors (Lipinski definition) is 3. The van der Waals surface area contributed by atoms with Gasteiger partial charge in [0.1, 0.15) is 0 Å². The molecule has 102 valence electrons. The van der Waals surface area contributed by atoms with E-state index < -0.39 is 0 Å². The molecule has 0 unspecified atom stereocenters. The van der Waals surface area contributed by atoms with Gasteiger partial charge in [0.15, 0.2) is 0 Å². The molecule has 1 rings (SSSR count). The van der Waals surface area contributed by atoms with Crippen molar-refractivity contribution >= 4 is 5.96 Å². The first-order valence-electron chi connectivity index (χ1n) is 5.90. The van der Waals surface area contributed by atoms with Gasteiger partial charge in [0, 0.05) is 39.1 Å². The van der Waals surface area contributed by atoms with Crippen molar-refractivity contribution in [3.63, 3.8) is 0 Å². The lowest BCUT2D eigenvalue weighted by molar-refractivity contribution is 0.195. The minimum Gasteiger partial charge on any atom is -0.385 e. The summed E-state index contributed by atoms with van der Waals surface area (Å²) in [5.41, 5.74) is 4.62. The molecule has 0 aliphatic rings. The van der Waals surface area contributed by atoms with E-state index in [-0.39, 0.29) is 0 Å². The van der Waals surface area contributed by atoms with Gasteiger partial charge in [-0.2, -0.15) is 5.10 Å². The zero-order valence-corrected chi connectivity index (χ0v) is 11.2. The minimum absolute atomic E-state index is 0.552. The summed E-state index contributed by atoms with van der Waals surface area (Å²) in [4.78, 5) is 4.36. The smallest absolute Gasteiger partial charge is 0.206 e. The van der Waals surface area contributed by atoms with Crippen LogP contribution < -0.4 is 16.6 Å². The predicted molar refractivity (Wildman–Crippen MR) is 70.9 cm³/mol. The fourth-order valence-electron chi connectivity index (χ4n) is 1.54. The minimum atomic E-state index is 0.552. The van der Waals surface area contributed by atoms with Gasteiger partial charge in [-0.1, -0.05) is 0 Å². The molecule has 1 aromatic heterocycles. The van der Waals surface area contributed by atoms with Gasteiger partial charge in [0.25, 0.3) is 0 Å². The maximum absolute atomic E-state index is 5.40. The summed E-state index contributed by atoms with van der Waals surface area (Å²) < 4.78 is 6.74. The van der Waals surface area contributed by atoms with Gasteiger partial charge in [0.05, 0.1) is 12.2 Å². The van der Waals surface area contributed by atoms with Gasteiger partial charge in [-0.3, -0.25) is 10.1 Å². The number of nitrogens with zero attached hydrogens (tertiary/aromatic N) is 3. The molecule has 7 nitrogen and oxygen atoms in total. The van der Waals surface area contributed by atoms with Crippen LogP contribution in [0.4, 0.5) is 0 Å². The van der Waals surface area contributed by atoms with E-state index in [1.54, 1.807) is 11.8 Å². The molecule has 18 heavy (non-hydrogen) atoms. The molecule has 0 fully saturated rings. The maximum Gasteiger partial charge on any atom is 0.206 e. The number of rotatable bonds is 6. The summed E-state index contributed by atoms with van der Waals surface area (Å²) in [5.74, 6) is 5.98. The van der Waals surface area contributed by atoms with Crippen molar-refractivity contribution in [1.82, 2.24) is 20.5 Å². The number of nitrogens with two attached hydrogens (primary N) is 1. The molecule has 0 amide bonds. The Balaban J connectivity index is 2.44. The fraction of sp³-hybridized carbons (Fsp3) is 0.636. The number of aromatic nitrogens is 2. The lowest BCUT2D eigenvalue weighted by Crippen LogP contribution is -2.42. The lowest BCUT2D eigenvalue weighted by Gasteiger charge is -2.08. The van der Waals surface area contributed by atoms with Crippen LogP contribution in [0.2, 0.25) is 0 Å². The molecule has 0 spiro atoms. The van der Waals surface area contributed by atoms with Crippen LogP contribution in [0.15, 0.2) is 11.2 Å². The average molecular weight is 254 g/mol. The van der Waals surface area contributed by atoms with Crippen molar-refractivity contribution in [1.29, 1.82) is 0 Å². The Morgan fingerprint density at radius 2 is 2.39 bits per heavy atom. The Hall–Kier alpha value is -1.60. The Bertz CT molecular complexity index is 387.